The van der Waals surface area contributed by atoms with Crippen LogP contribution in [0.1, 0.15) is 35.6 Å². The van der Waals surface area contributed by atoms with E-state index in [0.29, 0.717) is 24.0 Å². The van der Waals surface area contributed by atoms with Crippen LogP contribution in [-0.2, 0) is 6.61 Å². The minimum atomic E-state index is -0.573. The summed E-state index contributed by atoms with van der Waals surface area (Å²) in [6, 6.07) is 17.4. The highest BCUT2D eigenvalue weighted by molar-refractivity contribution is 5.84. The molecule has 0 spiro atoms. The number of aromatic nitrogens is 1. The summed E-state index contributed by atoms with van der Waals surface area (Å²) >= 11 is 0. The summed E-state index contributed by atoms with van der Waals surface area (Å²) in [5.74, 6) is 1.85. The van der Waals surface area contributed by atoms with Crippen molar-refractivity contribution >= 4 is 10.9 Å². The predicted molar refractivity (Wildman–Crippen MR) is 124 cm³/mol. The zero-order chi connectivity index (χ0) is 22.1. The van der Waals surface area contributed by atoms with E-state index in [-0.39, 0.29) is 6.04 Å². The highest BCUT2D eigenvalue weighted by Crippen LogP contribution is 2.42. The largest absolute Gasteiger partial charge is 0.489 e. The van der Waals surface area contributed by atoms with Crippen LogP contribution in [0.15, 0.2) is 67.4 Å². The lowest BCUT2D eigenvalue weighted by atomic mass is 9.73. The lowest BCUT2D eigenvalue weighted by molar-refractivity contribution is -0.0444. The maximum absolute atomic E-state index is 11.4. The van der Waals surface area contributed by atoms with Crippen LogP contribution in [-0.4, -0.2) is 34.1 Å². The van der Waals surface area contributed by atoms with E-state index in [9.17, 15) is 5.11 Å². The smallest absolute Gasteiger partial charge is 0.120 e. The van der Waals surface area contributed by atoms with Crippen LogP contribution >= 0.6 is 0 Å². The van der Waals surface area contributed by atoms with Crippen LogP contribution < -0.4 is 4.74 Å². The van der Waals surface area contributed by atoms with Gasteiger partial charge in [0.05, 0.1) is 23.3 Å². The van der Waals surface area contributed by atoms with Gasteiger partial charge in [-0.15, -0.1) is 6.58 Å². The Kier molecular flexibility index (Phi) is 5.65. The number of aliphatic hydroxyl groups excluding tert-OH is 1. The van der Waals surface area contributed by atoms with E-state index in [0.717, 1.165) is 47.3 Å². The van der Waals surface area contributed by atoms with E-state index in [1.165, 1.54) is 6.42 Å². The zero-order valence-electron chi connectivity index (χ0n) is 18.0. The third-order valence-corrected chi connectivity index (χ3v) is 7.05. The molecule has 5 atom stereocenters. The Morgan fingerprint density at radius 2 is 2.19 bits per heavy atom. The molecular weight excluding hydrogens is 398 g/mol. The summed E-state index contributed by atoms with van der Waals surface area (Å²) in [7, 11) is 0. The molecule has 1 N–H and O–H groups in total. The van der Waals surface area contributed by atoms with Crippen molar-refractivity contribution in [2.75, 3.05) is 13.1 Å². The fourth-order valence-electron chi connectivity index (χ4n) is 5.30. The average molecular weight is 426 g/mol. The number of nitriles is 1. The van der Waals surface area contributed by atoms with Gasteiger partial charge in [0.2, 0.25) is 0 Å². The van der Waals surface area contributed by atoms with Gasteiger partial charge in [-0.3, -0.25) is 9.88 Å². The highest BCUT2D eigenvalue weighted by Gasteiger charge is 2.42. The first-order chi connectivity index (χ1) is 15.7. The molecule has 2 aromatic carbocycles. The number of benzene rings is 2. The Morgan fingerprint density at radius 3 is 2.97 bits per heavy atom. The number of ether oxygens (including phenoxy) is 1. The van der Waals surface area contributed by atoms with E-state index in [2.05, 4.69) is 28.6 Å². The molecule has 0 aliphatic carbocycles. The molecule has 162 valence electrons. The molecule has 0 saturated carbocycles. The highest BCUT2D eigenvalue weighted by atomic mass is 16.5. The minimum Gasteiger partial charge on any atom is -0.489 e. The fraction of sp³-hybridized carbons (Fsp3) is 0.333. The van der Waals surface area contributed by atoms with Gasteiger partial charge in [0.1, 0.15) is 12.4 Å². The standard InChI is InChI=1S/C27H27N3O2/c1-2-20-16-30-11-9-21(20)13-26(30)27(31)23-8-10-29-25-7-6-22(14-24(23)25)32-17-19-5-3-4-18(12-19)15-28/h2-8,10,12,14,20-21,26-27,31H,1,9,11,13,16-17H2/t20?,21?,26?,27-/m0/s1. The van der Waals surface area contributed by atoms with E-state index in [1.807, 2.05) is 42.5 Å². The molecule has 3 aliphatic heterocycles. The first kappa shape index (κ1) is 20.7. The van der Waals surface area contributed by atoms with Gasteiger partial charge < -0.3 is 9.84 Å². The Hall–Kier alpha value is -3.20. The third kappa shape index (κ3) is 3.88. The number of hydrogen-bond acceptors (Lipinski definition) is 5. The number of rotatable bonds is 6. The van der Waals surface area contributed by atoms with Crippen molar-refractivity contribution < 1.29 is 9.84 Å². The topological polar surface area (TPSA) is 69.4 Å². The number of fused-ring (bicyclic) bond motifs is 4. The molecule has 0 amide bonds. The molecule has 32 heavy (non-hydrogen) atoms. The van der Waals surface area contributed by atoms with Crippen molar-refractivity contribution in [2.24, 2.45) is 11.8 Å². The van der Waals surface area contributed by atoms with Crippen molar-refractivity contribution in [1.82, 2.24) is 9.88 Å². The van der Waals surface area contributed by atoms with Gasteiger partial charge in [-0.1, -0.05) is 18.2 Å². The van der Waals surface area contributed by atoms with Gasteiger partial charge >= 0.3 is 0 Å². The summed E-state index contributed by atoms with van der Waals surface area (Å²) in [5, 5.41) is 21.4. The van der Waals surface area contributed by atoms with Gasteiger partial charge in [-0.05, 0) is 78.7 Å². The zero-order valence-corrected chi connectivity index (χ0v) is 18.0. The molecule has 4 unspecified atom stereocenters. The van der Waals surface area contributed by atoms with E-state index in [4.69, 9.17) is 10.00 Å². The molecule has 3 saturated heterocycles. The molecule has 1 aromatic heterocycles. The summed E-state index contributed by atoms with van der Waals surface area (Å²) in [4.78, 5) is 6.92. The second kappa shape index (κ2) is 8.74. The monoisotopic (exact) mass is 425 g/mol. The van der Waals surface area contributed by atoms with Gasteiger partial charge in [0.15, 0.2) is 0 Å². The first-order valence-corrected chi connectivity index (χ1v) is 11.2. The van der Waals surface area contributed by atoms with Gasteiger partial charge in [0.25, 0.3) is 0 Å². The molecule has 6 rings (SSSR count). The molecule has 3 aromatic rings. The lowest BCUT2D eigenvalue weighted by Gasteiger charge is -2.50. The molecule has 5 heteroatoms. The maximum atomic E-state index is 11.4. The number of nitrogens with zero attached hydrogens (tertiary/aromatic N) is 3. The second-order valence-corrected chi connectivity index (χ2v) is 8.87. The summed E-state index contributed by atoms with van der Waals surface area (Å²) < 4.78 is 6.02. The summed E-state index contributed by atoms with van der Waals surface area (Å²) in [6.07, 6.45) is 5.46. The fourth-order valence-corrected chi connectivity index (χ4v) is 5.30. The maximum Gasteiger partial charge on any atom is 0.120 e. The molecule has 4 heterocycles. The summed E-state index contributed by atoms with van der Waals surface area (Å²) in [5.41, 5.74) is 3.31. The molecule has 0 radical (unpaired) electrons. The third-order valence-electron chi connectivity index (χ3n) is 7.05. The van der Waals surface area contributed by atoms with Crippen molar-refractivity contribution in [1.29, 1.82) is 5.26 Å². The summed E-state index contributed by atoms with van der Waals surface area (Å²) in [6.45, 7) is 6.40. The Morgan fingerprint density at radius 1 is 1.28 bits per heavy atom. The van der Waals surface area contributed by atoms with Crippen molar-refractivity contribution in [3.63, 3.8) is 0 Å². The Bertz CT molecular complexity index is 1180. The van der Waals surface area contributed by atoms with Gasteiger partial charge in [-0.25, -0.2) is 0 Å². The quantitative estimate of drug-likeness (QED) is 0.584. The van der Waals surface area contributed by atoms with Crippen LogP contribution in [0.5, 0.6) is 5.75 Å². The molecule has 3 aliphatic rings. The molecular formula is C27H27N3O2. The van der Waals surface area contributed by atoms with Crippen molar-refractivity contribution in [3.05, 3.63) is 84.1 Å². The molecule has 5 nitrogen and oxygen atoms in total. The van der Waals surface area contributed by atoms with Crippen LogP contribution in [0, 0.1) is 23.2 Å². The van der Waals surface area contributed by atoms with Gasteiger partial charge in [-0.2, -0.15) is 5.26 Å². The average Bonchev–Trinajstić information content (AvgIpc) is 2.86. The number of hydrogen-bond donors (Lipinski definition) is 1. The minimum absolute atomic E-state index is 0.119. The first-order valence-electron chi connectivity index (χ1n) is 11.2. The van der Waals surface area contributed by atoms with Crippen LogP contribution in [0.2, 0.25) is 0 Å². The van der Waals surface area contributed by atoms with Crippen LogP contribution in [0.3, 0.4) is 0 Å². The number of aliphatic hydroxyl groups is 1. The van der Waals surface area contributed by atoms with E-state index in [1.54, 1.807) is 12.3 Å². The van der Waals surface area contributed by atoms with Crippen LogP contribution in [0.25, 0.3) is 10.9 Å². The number of pyridine rings is 1. The van der Waals surface area contributed by atoms with E-state index < -0.39 is 6.10 Å². The normalized spacial score (nSPS) is 25.2. The number of piperidine rings is 3. The molecule has 2 bridgehead atoms. The van der Waals surface area contributed by atoms with Crippen molar-refractivity contribution in [3.8, 4) is 11.8 Å². The van der Waals surface area contributed by atoms with Crippen LogP contribution in [0.4, 0.5) is 0 Å². The van der Waals surface area contributed by atoms with Gasteiger partial charge in [0, 0.05) is 24.2 Å². The predicted octanol–water partition coefficient (Wildman–Crippen LogP) is 4.62. The Balaban J connectivity index is 1.39. The molecule has 3 fully saturated rings. The Labute approximate surface area is 188 Å². The van der Waals surface area contributed by atoms with E-state index >= 15 is 0 Å². The SMILES string of the molecule is C=CC1CN2CCC1CC2[C@@H](O)c1ccnc2ccc(OCc3cccc(C#N)c3)cc12. The van der Waals surface area contributed by atoms with Crippen molar-refractivity contribution in [2.45, 2.75) is 31.6 Å². The second-order valence-electron chi connectivity index (χ2n) is 8.87. The lowest BCUT2D eigenvalue weighted by Crippen LogP contribution is -2.54.